The lowest BCUT2D eigenvalue weighted by atomic mass is 9.61. The molecule has 35 heavy (non-hydrogen) atoms. The maximum Gasteiger partial charge on any atom is 0.408 e. The molecule has 6 nitrogen and oxygen atoms in total. The summed E-state index contributed by atoms with van der Waals surface area (Å²) in [4.78, 5) is 28.2. The predicted molar refractivity (Wildman–Crippen MR) is 140 cm³/mol. The lowest BCUT2D eigenvalue weighted by Crippen LogP contribution is -2.64. The second-order valence-corrected chi connectivity index (χ2v) is 11.7. The second-order valence-electron chi connectivity index (χ2n) is 11.7. The van der Waals surface area contributed by atoms with Gasteiger partial charge in [0.2, 0.25) is 0 Å². The van der Waals surface area contributed by atoms with Gasteiger partial charge in [-0.3, -0.25) is 4.79 Å². The summed E-state index contributed by atoms with van der Waals surface area (Å²) in [6.45, 7) is 9.54. The standard InChI is InChI=1S/C29H46N2O4/c1-6-7-11-18-29(23-12-9-8-10-13-23)20-31(21-29)26(32)25(35-27(33)30-28(2,3)4)19-22-14-16-24(34-5)17-15-22/h14-17,23,25H,6-13,18-21H2,1-5H3,(H,30,33)/t25-/m1/s1. The van der Waals surface area contributed by atoms with E-state index >= 15 is 0 Å². The number of hydrogen-bond acceptors (Lipinski definition) is 4. The summed E-state index contributed by atoms with van der Waals surface area (Å²) in [5.74, 6) is 1.39. The monoisotopic (exact) mass is 486 g/mol. The molecule has 1 aromatic rings. The molecular formula is C29H46N2O4. The molecule has 3 rings (SSSR count). The Balaban J connectivity index is 1.71. The van der Waals surface area contributed by atoms with E-state index in [2.05, 4.69) is 12.2 Å². The topological polar surface area (TPSA) is 67.9 Å². The fraction of sp³-hybridized carbons (Fsp3) is 0.724. The minimum atomic E-state index is -0.842. The molecule has 1 saturated carbocycles. The third-order valence-corrected chi connectivity index (χ3v) is 7.65. The van der Waals surface area contributed by atoms with E-state index in [0.717, 1.165) is 24.4 Å². The molecule has 0 radical (unpaired) electrons. The van der Waals surface area contributed by atoms with E-state index in [1.807, 2.05) is 49.9 Å². The Morgan fingerprint density at radius 2 is 1.74 bits per heavy atom. The zero-order chi connectivity index (χ0) is 25.5. The van der Waals surface area contributed by atoms with Crippen LogP contribution in [0.25, 0.3) is 0 Å². The van der Waals surface area contributed by atoms with Crippen LogP contribution in [0.15, 0.2) is 24.3 Å². The minimum absolute atomic E-state index is 0.0770. The largest absolute Gasteiger partial charge is 0.497 e. The molecule has 1 aliphatic carbocycles. The molecule has 1 aliphatic heterocycles. The number of likely N-dealkylation sites (tertiary alicyclic amines) is 1. The quantitative estimate of drug-likeness (QED) is 0.405. The first kappa shape index (κ1) is 27.3. The summed E-state index contributed by atoms with van der Waals surface area (Å²) >= 11 is 0. The first-order valence-corrected chi connectivity index (χ1v) is 13.6. The summed E-state index contributed by atoms with van der Waals surface area (Å²) in [5, 5.41) is 2.83. The highest BCUT2D eigenvalue weighted by Crippen LogP contribution is 2.48. The Bertz CT molecular complexity index is 818. The number of nitrogens with zero attached hydrogens (tertiary/aromatic N) is 1. The van der Waals surface area contributed by atoms with E-state index in [1.165, 1.54) is 57.8 Å². The number of rotatable bonds is 10. The van der Waals surface area contributed by atoms with Crippen molar-refractivity contribution in [1.29, 1.82) is 0 Å². The summed E-state index contributed by atoms with van der Waals surface area (Å²) in [7, 11) is 1.63. The zero-order valence-corrected chi connectivity index (χ0v) is 22.5. The molecule has 6 heteroatoms. The smallest absolute Gasteiger partial charge is 0.408 e. The molecule has 1 saturated heterocycles. The molecule has 0 spiro atoms. The van der Waals surface area contributed by atoms with Crippen molar-refractivity contribution in [3.8, 4) is 5.75 Å². The third kappa shape index (κ3) is 7.62. The van der Waals surface area contributed by atoms with E-state index in [4.69, 9.17) is 9.47 Å². The Morgan fingerprint density at radius 3 is 2.31 bits per heavy atom. The Morgan fingerprint density at radius 1 is 1.09 bits per heavy atom. The lowest BCUT2D eigenvalue weighted by Gasteiger charge is -2.56. The fourth-order valence-electron chi connectivity index (χ4n) is 5.76. The van der Waals surface area contributed by atoms with Gasteiger partial charge in [-0.05, 0) is 63.6 Å². The Labute approximate surface area is 212 Å². The molecule has 1 heterocycles. The third-order valence-electron chi connectivity index (χ3n) is 7.65. The summed E-state index contributed by atoms with van der Waals surface area (Å²) in [6.07, 6.45) is 10.4. The molecule has 196 valence electrons. The van der Waals surface area contributed by atoms with Crippen LogP contribution in [0.5, 0.6) is 5.75 Å². The Kier molecular flexibility index (Phi) is 9.48. The molecule has 1 N–H and O–H groups in total. The van der Waals surface area contributed by atoms with Gasteiger partial charge in [0.05, 0.1) is 7.11 Å². The number of methoxy groups -OCH3 is 1. The minimum Gasteiger partial charge on any atom is -0.497 e. The van der Waals surface area contributed by atoms with Gasteiger partial charge in [-0.25, -0.2) is 4.79 Å². The van der Waals surface area contributed by atoms with Crippen LogP contribution in [0.1, 0.15) is 91.0 Å². The van der Waals surface area contributed by atoms with Crippen molar-refractivity contribution in [3.63, 3.8) is 0 Å². The number of carbonyl (C=O) groups excluding carboxylic acids is 2. The number of nitrogens with one attached hydrogen (secondary N) is 1. The first-order valence-electron chi connectivity index (χ1n) is 13.6. The van der Waals surface area contributed by atoms with E-state index in [-0.39, 0.29) is 11.3 Å². The van der Waals surface area contributed by atoms with Crippen LogP contribution in [-0.4, -0.2) is 48.7 Å². The van der Waals surface area contributed by atoms with Crippen LogP contribution in [0.2, 0.25) is 0 Å². The number of amides is 2. The maximum absolute atomic E-state index is 13.7. The number of unbranched alkanes of at least 4 members (excludes halogenated alkanes) is 2. The molecule has 2 aliphatic rings. The molecule has 1 aromatic carbocycles. The molecule has 0 unspecified atom stereocenters. The van der Waals surface area contributed by atoms with Crippen molar-refractivity contribution in [2.45, 2.75) is 104 Å². The summed E-state index contributed by atoms with van der Waals surface area (Å²) in [5.41, 5.74) is 0.746. The van der Waals surface area contributed by atoms with Gasteiger partial charge in [0, 0.05) is 30.5 Å². The summed E-state index contributed by atoms with van der Waals surface area (Å²) < 4.78 is 11.0. The number of carbonyl (C=O) groups is 2. The molecule has 2 amide bonds. The van der Waals surface area contributed by atoms with Crippen LogP contribution in [0.3, 0.4) is 0 Å². The molecule has 0 aromatic heterocycles. The van der Waals surface area contributed by atoms with Crippen LogP contribution < -0.4 is 10.1 Å². The van der Waals surface area contributed by atoms with Crippen molar-refractivity contribution in [3.05, 3.63) is 29.8 Å². The SMILES string of the molecule is CCCCCC1(C2CCCCC2)CN(C(=O)[C@@H](Cc2ccc(OC)cc2)OC(=O)NC(C)(C)C)C1. The lowest BCUT2D eigenvalue weighted by molar-refractivity contribution is -0.159. The van der Waals surface area contributed by atoms with E-state index < -0.39 is 17.7 Å². The first-order chi connectivity index (χ1) is 16.7. The number of hydrogen-bond donors (Lipinski definition) is 1. The maximum atomic E-state index is 13.7. The molecule has 1 atom stereocenters. The molecule has 2 fully saturated rings. The predicted octanol–water partition coefficient (Wildman–Crippen LogP) is 6.12. The zero-order valence-electron chi connectivity index (χ0n) is 22.5. The summed E-state index contributed by atoms with van der Waals surface area (Å²) in [6, 6.07) is 7.60. The van der Waals surface area contributed by atoms with Crippen molar-refractivity contribution >= 4 is 12.0 Å². The Hall–Kier alpha value is -2.24. The van der Waals surface area contributed by atoms with Gasteiger partial charge in [-0.1, -0.05) is 57.6 Å². The van der Waals surface area contributed by atoms with Crippen molar-refractivity contribution in [2.75, 3.05) is 20.2 Å². The number of alkyl carbamates (subject to hydrolysis) is 1. The molecule has 0 bridgehead atoms. The van der Waals surface area contributed by atoms with Gasteiger partial charge in [0.15, 0.2) is 6.10 Å². The highest BCUT2D eigenvalue weighted by molar-refractivity contribution is 5.84. The van der Waals surface area contributed by atoms with E-state index in [9.17, 15) is 9.59 Å². The highest BCUT2D eigenvalue weighted by Gasteiger charge is 2.51. The van der Waals surface area contributed by atoms with Crippen LogP contribution in [0.4, 0.5) is 4.79 Å². The van der Waals surface area contributed by atoms with E-state index in [1.54, 1.807) is 7.11 Å². The fourth-order valence-corrected chi connectivity index (χ4v) is 5.76. The number of benzene rings is 1. The van der Waals surface area contributed by atoms with Gasteiger partial charge in [-0.15, -0.1) is 0 Å². The van der Waals surface area contributed by atoms with Crippen molar-refractivity contribution in [1.82, 2.24) is 10.2 Å². The second kappa shape index (κ2) is 12.1. The van der Waals surface area contributed by atoms with Crippen molar-refractivity contribution < 1.29 is 19.1 Å². The van der Waals surface area contributed by atoms with Gasteiger partial charge in [0.25, 0.3) is 5.91 Å². The van der Waals surface area contributed by atoms with Gasteiger partial charge >= 0.3 is 6.09 Å². The number of ether oxygens (including phenoxy) is 2. The van der Waals surface area contributed by atoms with Crippen molar-refractivity contribution in [2.24, 2.45) is 11.3 Å². The van der Waals surface area contributed by atoms with Crippen LogP contribution in [-0.2, 0) is 16.0 Å². The van der Waals surface area contributed by atoms with Crippen LogP contribution in [0, 0.1) is 11.3 Å². The highest BCUT2D eigenvalue weighted by atomic mass is 16.6. The average Bonchev–Trinajstić information content (AvgIpc) is 2.79. The van der Waals surface area contributed by atoms with Crippen LogP contribution >= 0.6 is 0 Å². The van der Waals surface area contributed by atoms with Gasteiger partial charge < -0.3 is 19.7 Å². The van der Waals surface area contributed by atoms with Gasteiger partial charge in [0.1, 0.15) is 5.75 Å². The average molecular weight is 487 g/mol. The molecular weight excluding hydrogens is 440 g/mol. The van der Waals surface area contributed by atoms with E-state index in [0.29, 0.717) is 12.3 Å². The van der Waals surface area contributed by atoms with Gasteiger partial charge in [-0.2, -0.15) is 0 Å². The normalized spacial score (nSPS) is 18.9.